The predicted molar refractivity (Wildman–Crippen MR) is 215 cm³/mol. The van der Waals surface area contributed by atoms with Gasteiger partial charge in [-0.2, -0.15) is 0 Å². The van der Waals surface area contributed by atoms with Gasteiger partial charge < -0.3 is 40.2 Å². The summed E-state index contributed by atoms with van der Waals surface area (Å²) in [6.07, 6.45) is 4.49. The SMILES string of the molecule is C[C@@H](COC(=O)NCCCCCCNC(=O)CI)NC(=O)N(C[C@@H]1CNC[C@@H]1F)[C@@H](c1nc(-c2cc(F)ccc2F)cn1Cc1ccccc1)C1CCOCC1. The van der Waals surface area contributed by atoms with E-state index in [9.17, 15) is 18.8 Å². The zero-order valence-electron chi connectivity index (χ0n) is 31.8. The first-order valence-electron chi connectivity index (χ1n) is 19.4. The number of unbranched alkanes of at least 4 members (excludes halogenated alkanes) is 3. The van der Waals surface area contributed by atoms with E-state index in [4.69, 9.17) is 14.5 Å². The van der Waals surface area contributed by atoms with E-state index >= 15 is 8.78 Å². The number of carbonyl (C=O) groups excluding carboxylic acids is 3. The molecule has 4 amide bonds. The van der Waals surface area contributed by atoms with Gasteiger partial charge in [-0.25, -0.2) is 27.7 Å². The molecule has 2 aliphatic rings. The molecule has 0 unspecified atom stereocenters. The van der Waals surface area contributed by atoms with Crippen molar-refractivity contribution in [2.45, 2.75) is 70.2 Å². The van der Waals surface area contributed by atoms with Crippen molar-refractivity contribution in [3.8, 4) is 11.3 Å². The molecule has 12 nitrogen and oxygen atoms in total. The Kier molecular flexibility index (Phi) is 17.1. The van der Waals surface area contributed by atoms with Gasteiger partial charge in [-0.3, -0.25) is 4.79 Å². The number of amides is 4. The number of hydrogen-bond acceptors (Lipinski definition) is 7. The number of nitrogens with zero attached hydrogens (tertiary/aromatic N) is 3. The van der Waals surface area contributed by atoms with Gasteiger partial charge in [0.2, 0.25) is 5.91 Å². The van der Waals surface area contributed by atoms with Crippen LogP contribution in [0, 0.1) is 23.5 Å². The number of carbonyl (C=O) groups is 3. The van der Waals surface area contributed by atoms with Gasteiger partial charge in [0.1, 0.15) is 30.2 Å². The third-order valence-electron chi connectivity index (χ3n) is 10.1. The number of aromatic nitrogens is 2. The van der Waals surface area contributed by atoms with E-state index in [1.54, 1.807) is 18.0 Å². The maximum absolute atomic E-state index is 15.3. The minimum atomic E-state index is -1.19. The molecule has 2 aliphatic heterocycles. The van der Waals surface area contributed by atoms with Crippen molar-refractivity contribution < 1.29 is 37.0 Å². The standard InChI is InChI=1S/C40H53F3IN7O5/c1-27(26-56-40(54)47-16-8-3-2-7-15-46-36(52)20-44)48-39(53)51(24-30-21-45-22-34(30)43)37(29-13-17-55-18-14-29)38-49-35(32-19-31(41)11-12-33(32)42)25-50(38)23-28-9-5-4-6-10-28/h4-6,9-12,19,25,27,29-30,34,37,45H,2-3,7-8,13-18,20-24,26H2,1H3,(H,46,52)(H,47,54)(H,48,53)/t27-,30-,34-,37+/m0/s1. The zero-order chi connectivity index (χ0) is 39.9. The Morgan fingerprint density at radius 2 is 1.77 bits per heavy atom. The topological polar surface area (TPSA) is 139 Å². The summed E-state index contributed by atoms with van der Waals surface area (Å²) < 4.78 is 58.4. The van der Waals surface area contributed by atoms with Crippen LogP contribution in [0.5, 0.6) is 0 Å². The fourth-order valence-corrected chi connectivity index (χ4v) is 7.41. The molecular weight excluding hydrogens is 842 g/mol. The summed E-state index contributed by atoms with van der Waals surface area (Å²) in [5, 5.41) is 11.6. The molecule has 0 bridgehead atoms. The van der Waals surface area contributed by atoms with Gasteiger partial charge in [0.25, 0.3) is 0 Å². The highest BCUT2D eigenvalue weighted by Gasteiger charge is 2.40. The second kappa shape index (κ2) is 22.1. The highest BCUT2D eigenvalue weighted by atomic mass is 127. The van der Waals surface area contributed by atoms with Crippen molar-refractivity contribution in [3.63, 3.8) is 0 Å². The monoisotopic (exact) mass is 895 g/mol. The fraction of sp³-hybridized carbons (Fsp3) is 0.550. The molecule has 0 aliphatic carbocycles. The van der Waals surface area contributed by atoms with E-state index in [0.29, 0.717) is 62.5 Å². The number of hydrogen-bond donors (Lipinski definition) is 4. The molecule has 4 N–H and O–H groups in total. The molecule has 1 aromatic heterocycles. The van der Waals surface area contributed by atoms with Crippen LogP contribution < -0.4 is 21.3 Å². The number of alkyl carbamates (subject to hydrolysis) is 1. The van der Waals surface area contributed by atoms with E-state index in [0.717, 1.165) is 49.4 Å². The number of alkyl halides is 2. The minimum absolute atomic E-state index is 0.00944. The summed E-state index contributed by atoms with van der Waals surface area (Å²) in [6, 6.07) is 11.1. The summed E-state index contributed by atoms with van der Waals surface area (Å²) in [5.74, 6) is -1.43. The van der Waals surface area contributed by atoms with Crippen LogP contribution in [0.3, 0.4) is 0 Å². The van der Waals surface area contributed by atoms with Gasteiger partial charge in [-0.1, -0.05) is 65.8 Å². The number of imidazole rings is 1. The molecule has 0 spiro atoms. The second-order valence-electron chi connectivity index (χ2n) is 14.5. The molecule has 0 radical (unpaired) electrons. The van der Waals surface area contributed by atoms with Gasteiger partial charge >= 0.3 is 12.1 Å². The van der Waals surface area contributed by atoms with Crippen LogP contribution >= 0.6 is 22.6 Å². The number of rotatable bonds is 19. The van der Waals surface area contributed by atoms with Gasteiger partial charge in [-0.15, -0.1) is 0 Å². The van der Waals surface area contributed by atoms with Crippen LogP contribution in [0.2, 0.25) is 0 Å². The summed E-state index contributed by atoms with van der Waals surface area (Å²) in [5.41, 5.74) is 1.14. The number of ether oxygens (including phenoxy) is 2. The van der Waals surface area contributed by atoms with Gasteiger partial charge in [0.05, 0.1) is 22.2 Å². The van der Waals surface area contributed by atoms with Gasteiger partial charge in [0.15, 0.2) is 0 Å². The highest BCUT2D eigenvalue weighted by Crippen LogP contribution is 2.38. The lowest BCUT2D eigenvalue weighted by Crippen LogP contribution is -2.52. The molecule has 5 rings (SSSR count). The Hall–Kier alpha value is -3.90. The van der Waals surface area contributed by atoms with Crippen molar-refractivity contribution in [2.75, 3.05) is 57.0 Å². The Labute approximate surface area is 340 Å². The number of nitrogens with one attached hydrogen (secondary N) is 4. The number of urea groups is 1. The lowest BCUT2D eigenvalue weighted by atomic mass is 9.89. The van der Waals surface area contributed by atoms with Crippen molar-refractivity contribution in [1.82, 2.24) is 35.7 Å². The van der Waals surface area contributed by atoms with Crippen LogP contribution in [0.4, 0.5) is 22.8 Å². The highest BCUT2D eigenvalue weighted by molar-refractivity contribution is 14.1. The average Bonchev–Trinajstić information content (AvgIpc) is 3.81. The molecule has 3 heterocycles. The van der Waals surface area contributed by atoms with Crippen LogP contribution in [0.15, 0.2) is 54.7 Å². The van der Waals surface area contributed by atoms with Crippen LogP contribution in [0.1, 0.15) is 62.9 Å². The molecule has 2 aromatic carbocycles. The maximum atomic E-state index is 15.3. The summed E-state index contributed by atoms with van der Waals surface area (Å²) >= 11 is 2.02. The van der Waals surface area contributed by atoms with Crippen molar-refractivity contribution in [2.24, 2.45) is 11.8 Å². The van der Waals surface area contributed by atoms with Gasteiger partial charge in [0, 0.05) is 70.2 Å². The third-order valence-corrected chi connectivity index (χ3v) is 10.8. The lowest BCUT2D eigenvalue weighted by molar-refractivity contribution is -0.118. The Morgan fingerprint density at radius 3 is 2.46 bits per heavy atom. The van der Waals surface area contributed by atoms with Crippen LogP contribution in [-0.4, -0.2) is 102 Å². The molecule has 3 aromatic rings. The average molecular weight is 896 g/mol. The van der Waals surface area contributed by atoms with Crippen molar-refractivity contribution in [3.05, 3.63) is 77.8 Å². The van der Waals surface area contributed by atoms with Crippen molar-refractivity contribution >= 4 is 40.6 Å². The molecular formula is C40H53F3IN7O5. The van der Waals surface area contributed by atoms with E-state index in [1.807, 2.05) is 57.5 Å². The first-order chi connectivity index (χ1) is 27.1. The fourth-order valence-electron chi connectivity index (χ4n) is 7.14. The number of halogens is 4. The van der Waals surface area contributed by atoms with Crippen LogP contribution in [-0.2, 0) is 20.8 Å². The first kappa shape index (κ1) is 43.2. The number of benzene rings is 2. The summed E-state index contributed by atoms with van der Waals surface area (Å²) in [7, 11) is 0. The molecule has 56 heavy (non-hydrogen) atoms. The quantitative estimate of drug-likeness (QED) is 0.0645. The smallest absolute Gasteiger partial charge is 0.407 e. The summed E-state index contributed by atoms with van der Waals surface area (Å²) in [4.78, 5) is 44.9. The lowest BCUT2D eigenvalue weighted by Gasteiger charge is -2.40. The van der Waals surface area contributed by atoms with Gasteiger partial charge in [-0.05, 0) is 62.3 Å². The Bertz CT molecular complexity index is 1710. The zero-order valence-corrected chi connectivity index (χ0v) is 33.9. The normalized spacial score (nSPS) is 18.2. The van der Waals surface area contributed by atoms with E-state index < -0.39 is 47.9 Å². The van der Waals surface area contributed by atoms with Crippen molar-refractivity contribution in [1.29, 1.82) is 0 Å². The molecule has 2 saturated heterocycles. The summed E-state index contributed by atoms with van der Waals surface area (Å²) in [6.45, 7) is 4.52. The van der Waals surface area contributed by atoms with E-state index in [1.165, 1.54) is 0 Å². The first-order valence-corrected chi connectivity index (χ1v) is 20.9. The Balaban J connectivity index is 1.34. The largest absolute Gasteiger partial charge is 0.447 e. The Morgan fingerprint density at radius 1 is 1.04 bits per heavy atom. The molecule has 4 atom stereocenters. The van der Waals surface area contributed by atoms with E-state index in [2.05, 4.69) is 21.3 Å². The van der Waals surface area contributed by atoms with E-state index in [-0.39, 0.29) is 42.8 Å². The second-order valence-corrected chi connectivity index (χ2v) is 15.2. The molecule has 0 saturated carbocycles. The molecule has 16 heteroatoms. The third kappa shape index (κ3) is 12.8. The predicted octanol–water partition coefficient (Wildman–Crippen LogP) is 6.14. The molecule has 2 fully saturated rings. The maximum Gasteiger partial charge on any atom is 0.407 e. The molecule has 306 valence electrons. The van der Waals surface area contributed by atoms with Crippen LogP contribution in [0.25, 0.3) is 11.3 Å². The minimum Gasteiger partial charge on any atom is -0.447 e.